The number of esters is 1. The van der Waals surface area contributed by atoms with Crippen molar-refractivity contribution < 1.29 is 14.3 Å². The maximum Gasteiger partial charge on any atom is 0.308 e. The average molecular weight is 464 g/mol. The summed E-state index contributed by atoms with van der Waals surface area (Å²) in [6.45, 7) is 4.24. The van der Waals surface area contributed by atoms with Gasteiger partial charge in [0.05, 0.1) is 11.1 Å². The molecular formula is C25H25N3O4S. The highest BCUT2D eigenvalue weighted by atomic mass is 32.1. The van der Waals surface area contributed by atoms with Gasteiger partial charge in [-0.25, -0.2) is 0 Å². The van der Waals surface area contributed by atoms with Crippen molar-refractivity contribution in [1.82, 2.24) is 14.6 Å². The number of hydrogen-bond donors (Lipinski definition) is 0. The van der Waals surface area contributed by atoms with Gasteiger partial charge in [0.15, 0.2) is 5.82 Å². The van der Waals surface area contributed by atoms with E-state index in [9.17, 15) is 9.59 Å². The van der Waals surface area contributed by atoms with Gasteiger partial charge in [-0.05, 0) is 54.5 Å². The van der Waals surface area contributed by atoms with E-state index in [0.29, 0.717) is 27.7 Å². The predicted molar refractivity (Wildman–Crippen MR) is 129 cm³/mol. The molecule has 33 heavy (non-hydrogen) atoms. The number of benzene rings is 2. The second-order valence-electron chi connectivity index (χ2n) is 7.65. The first-order valence-electron chi connectivity index (χ1n) is 11.0. The SMILES string of the molecule is CCCCCCOc1ccc(-c2nc3s/c(=C/c4cccc(OC(C)=O)c4)c(=O)n3n2)cc1. The topological polar surface area (TPSA) is 82.8 Å². The molecule has 0 amide bonds. The third kappa shape index (κ3) is 5.64. The van der Waals surface area contributed by atoms with Gasteiger partial charge in [-0.15, -0.1) is 5.10 Å². The van der Waals surface area contributed by atoms with Gasteiger partial charge in [-0.1, -0.05) is 49.7 Å². The molecule has 0 bridgehead atoms. The molecule has 0 spiro atoms. The Bertz CT molecular complexity index is 1360. The highest BCUT2D eigenvalue weighted by molar-refractivity contribution is 7.15. The first-order chi connectivity index (χ1) is 16.0. The Morgan fingerprint density at radius 3 is 2.64 bits per heavy atom. The molecule has 0 N–H and O–H groups in total. The molecule has 0 aliphatic heterocycles. The van der Waals surface area contributed by atoms with Crippen molar-refractivity contribution in [3.8, 4) is 22.9 Å². The van der Waals surface area contributed by atoms with Crippen LogP contribution < -0.4 is 19.6 Å². The summed E-state index contributed by atoms with van der Waals surface area (Å²) in [4.78, 5) is 29.0. The van der Waals surface area contributed by atoms with E-state index >= 15 is 0 Å². The van der Waals surface area contributed by atoms with Crippen LogP contribution in [0.3, 0.4) is 0 Å². The third-order valence-electron chi connectivity index (χ3n) is 4.98. The number of thiazole rings is 1. The van der Waals surface area contributed by atoms with Crippen LogP contribution in [0.15, 0.2) is 53.3 Å². The molecular weight excluding hydrogens is 438 g/mol. The van der Waals surface area contributed by atoms with Crippen LogP contribution >= 0.6 is 11.3 Å². The standard InChI is InChI=1S/C25H25N3O4S/c1-3-4-5-6-14-31-20-12-10-19(11-13-20)23-26-25-28(27-23)24(30)22(33-25)16-18-8-7-9-21(15-18)32-17(2)29/h7-13,15-16H,3-6,14H2,1-2H3/b22-16+. The van der Waals surface area contributed by atoms with Crippen molar-refractivity contribution in [2.75, 3.05) is 6.61 Å². The molecule has 0 fully saturated rings. The number of rotatable bonds is 9. The Labute approximate surface area is 195 Å². The van der Waals surface area contributed by atoms with Crippen LogP contribution in [0.1, 0.15) is 45.1 Å². The van der Waals surface area contributed by atoms with Gasteiger partial charge in [0.2, 0.25) is 4.96 Å². The van der Waals surface area contributed by atoms with E-state index < -0.39 is 5.97 Å². The smallest absolute Gasteiger partial charge is 0.308 e. The zero-order valence-corrected chi connectivity index (χ0v) is 19.4. The van der Waals surface area contributed by atoms with Crippen molar-refractivity contribution in [3.63, 3.8) is 0 Å². The van der Waals surface area contributed by atoms with Crippen LogP contribution in [0.4, 0.5) is 0 Å². The van der Waals surface area contributed by atoms with Gasteiger partial charge < -0.3 is 9.47 Å². The van der Waals surface area contributed by atoms with Crippen molar-refractivity contribution in [2.24, 2.45) is 0 Å². The van der Waals surface area contributed by atoms with E-state index in [1.165, 1.54) is 42.0 Å². The van der Waals surface area contributed by atoms with Crippen LogP contribution in [0.25, 0.3) is 22.4 Å². The lowest BCUT2D eigenvalue weighted by Gasteiger charge is -2.06. The van der Waals surface area contributed by atoms with Gasteiger partial charge >= 0.3 is 5.97 Å². The second-order valence-corrected chi connectivity index (χ2v) is 8.65. The van der Waals surface area contributed by atoms with E-state index in [1.807, 2.05) is 30.3 Å². The lowest BCUT2D eigenvalue weighted by Crippen LogP contribution is -2.23. The fourth-order valence-corrected chi connectivity index (χ4v) is 4.27. The van der Waals surface area contributed by atoms with E-state index in [4.69, 9.17) is 9.47 Å². The zero-order chi connectivity index (χ0) is 23.2. The number of nitrogens with zero attached hydrogens (tertiary/aromatic N) is 3. The highest BCUT2D eigenvalue weighted by Crippen LogP contribution is 2.21. The molecule has 0 saturated heterocycles. The minimum Gasteiger partial charge on any atom is -0.494 e. The van der Waals surface area contributed by atoms with Gasteiger partial charge in [-0.2, -0.15) is 9.50 Å². The van der Waals surface area contributed by atoms with Crippen molar-refractivity contribution in [1.29, 1.82) is 0 Å². The normalized spacial score (nSPS) is 11.8. The molecule has 0 saturated carbocycles. The molecule has 0 aliphatic rings. The van der Waals surface area contributed by atoms with Gasteiger partial charge in [0.25, 0.3) is 5.56 Å². The summed E-state index contributed by atoms with van der Waals surface area (Å²) in [6, 6.07) is 14.6. The summed E-state index contributed by atoms with van der Waals surface area (Å²) in [6.07, 6.45) is 6.40. The number of fused-ring (bicyclic) bond motifs is 1. The molecule has 8 heteroatoms. The number of unbranched alkanes of at least 4 members (excludes halogenated alkanes) is 3. The number of carbonyl (C=O) groups excluding carboxylic acids is 1. The predicted octanol–water partition coefficient (Wildman–Crippen LogP) is 4.25. The van der Waals surface area contributed by atoms with Gasteiger partial charge in [0.1, 0.15) is 11.5 Å². The molecule has 4 aromatic rings. The summed E-state index contributed by atoms with van der Waals surface area (Å²) in [7, 11) is 0. The van der Waals surface area contributed by atoms with Crippen molar-refractivity contribution in [2.45, 2.75) is 39.5 Å². The van der Waals surface area contributed by atoms with E-state index in [1.54, 1.807) is 24.3 Å². The molecule has 2 aromatic carbocycles. The van der Waals surface area contributed by atoms with E-state index in [0.717, 1.165) is 23.3 Å². The molecule has 2 heterocycles. The fraction of sp³-hybridized carbons (Fsp3) is 0.280. The Morgan fingerprint density at radius 1 is 1.09 bits per heavy atom. The second kappa shape index (κ2) is 10.4. The maximum atomic E-state index is 12.8. The molecule has 2 aromatic heterocycles. The van der Waals surface area contributed by atoms with Gasteiger partial charge in [-0.3, -0.25) is 9.59 Å². The molecule has 0 atom stereocenters. The molecule has 170 valence electrons. The van der Waals surface area contributed by atoms with Crippen molar-refractivity contribution in [3.05, 3.63) is 69.0 Å². The van der Waals surface area contributed by atoms with Crippen LogP contribution in [-0.2, 0) is 4.79 Å². The van der Waals surface area contributed by atoms with E-state index in [-0.39, 0.29) is 5.56 Å². The number of hydrogen-bond acceptors (Lipinski definition) is 7. The molecule has 0 radical (unpaired) electrons. The molecule has 0 aliphatic carbocycles. The molecule has 4 rings (SSSR count). The first-order valence-corrected chi connectivity index (χ1v) is 11.8. The van der Waals surface area contributed by atoms with Crippen LogP contribution in [-0.4, -0.2) is 27.2 Å². The maximum absolute atomic E-state index is 12.8. The van der Waals surface area contributed by atoms with Crippen molar-refractivity contribution >= 4 is 28.3 Å². The van der Waals surface area contributed by atoms with E-state index in [2.05, 4.69) is 17.0 Å². The van der Waals surface area contributed by atoms with Crippen LogP contribution in [0.5, 0.6) is 11.5 Å². The summed E-state index contributed by atoms with van der Waals surface area (Å²) < 4.78 is 12.7. The quantitative estimate of drug-likeness (QED) is 0.210. The van der Waals surface area contributed by atoms with Gasteiger partial charge in [0, 0.05) is 12.5 Å². The Kier molecular flexibility index (Phi) is 7.14. The minimum atomic E-state index is -0.394. The Balaban J connectivity index is 1.51. The summed E-state index contributed by atoms with van der Waals surface area (Å²) in [5, 5.41) is 4.40. The summed E-state index contributed by atoms with van der Waals surface area (Å²) in [5.41, 5.74) is 1.34. The summed E-state index contributed by atoms with van der Waals surface area (Å²) in [5.74, 6) is 1.35. The lowest BCUT2D eigenvalue weighted by molar-refractivity contribution is -0.131. The zero-order valence-electron chi connectivity index (χ0n) is 18.6. The number of ether oxygens (including phenoxy) is 2. The Morgan fingerprint density at radius 2 is 1.91 bits per heavy atom. The summed E-state index contributed by atoms with van der Waals surface area (Å²) >= 11 is 1.26. The Hall–Kier alpha value is -3.52. The molecule has 0 unspecified atom stereocenters. The first kappa shape index (κ1) is 22.7. The third-order valence-corrected chi connectivity index (χ3v) is 5.94. The number of aromatic nitrogens is 3. The largest absolute Gasteiger partial charge is 0.494 e. The lowest BCUT2D eigenvalue weighted by atomic mass is 10.2. The van der Waals surface area contributed by atoms with Crippen LogP contribution in [0, 0.1) is 0 Å². The average Bonchev–Trinajstić information content (AvgIpc) is 3.33. The van der Waals surface area contributed by atoms with Crippen LogP contribution in [0.2, 0.25) is 0 Å². The molecule has 7 nitrogen and oxygen atoms in total. The highest BCUT2D eigenvalue weighted by Gasteiger charge is 2.12. The number of carbonyl (C=O) groups is 1. The fourth-order valence-electron chi connectivity index (χ4n) is 3.36. The minimum absolute atomic E-state index is 0.237. The monoisotopic (exact) mass is 463 g/mol.